The monoisotopic (exact) mass is 669 g/mol. The van der Waals surface area contributed by atoms with Gasteiger partial charge in [0.2, 0.25) is 0 Å². The molecule has 1 aliphatic carbocycles. The second kappa shape index (κ2) is 13.7. The van der Waals surface area contributed by atoms with E-state index in [0.29, 0.717) is 29.1 Å². The van der Waals surface area contributed by atoms with Crippen LogP contribution < -0.4 is 0 Å². The zero-order valence-corrected chi connectivity index (χ0v) is 28.1. The second-order valence-electron chi connectivity index (χ2n) is 12.6. The number of allylic oxidation sites excluding steroid dienone is 4. The molecule has 52 heavy (non-hydrogen) atoms. The summed E-state index contributed by atoms with van der Waals surface area (Å²) in [5.74, 6) is 3.73. The molecule has 246 valence electrons. The molecule has 0 aliphatic heterocycles. The van der Waals surface area contributed by atoms with Crippen LogP contribution in [-0.4, -0.2) is 34.9 Å². The van der Waals surface area contributed by atoms with Gasteiger partial charge in [-0.15, -0.1) is 0 Å². The lowest BCUT2D eigenvalue weighted by Crippen LogP contribution is -2.08. The predicted octanol–water partition coefficient (Wildman–Crippen LogP) is 10.2. The molecule has 1 unspecified atom stereocenters. The first-order valence-electron chi connectivity index (χ1n) is 17.3. The van der Waals surface area contributed by atoms with E-state index in [9.17, 15) is 0 Å². The SMILES string of the molecule is C1=CCC(c2nc(-c3cccc(-c4nc(-c5ccccc5)nc(-c5ccccc5-c5ccccc5)n4)c3)nc(-c3ccc4ncccc4c3)n2)C=C1. The van der Waals surface area contributed by atoms with Crippen molar-refractivity contribution >= 4 is 10.9 Å². The maximum absolute atomic E-state index is 5.11. The normalized spacial score (nSPS) is 13.7. The highest BCUT2D eigenvalue weighted by molar-refractivity contribution is 5.84. The van der Waals surface area contributed by atoms with E-state index in [0.717, 1.165) is 62.1 Å². The Balaban J connectivity index is 1.18. The third-order valence-corrected chi connectivity index (χ3v) is 9.13. The third-order valence-electron chi connectivity index (χ3n) is 9.13. The molecule has 1 atom stereocenters. The number of benzene rings is 5. The summed E-state index contributed by atoms with van der Waals surface area (Å²) in [6, 6.07) is 46.8. The van der Waals surface area contributed by atoms with Crippen LogP contribution in [0.15, 0.2) is 170 Å². The number of hydrogen-bond acceptors (Lipinski definition) is 7. The maximum atomic E-state index is 5.11. The lowest BCUT2D eigenvalue weighted by molar-refractivity contribution is 0.764. The van der Waals surface area contributed by atoms with Gasteiger partial charge >= 0.3 is 0 Å². The molecule has 5 aromatic carbocycles. The molecule has 0 saturated carbocycles. The Bertz CT molecular complexity index is 2620. The van der Waals surface area contributed by atoms with Crippen LogP contribution in [0.4, 0.5) is 0 Å². The quantitative estimate of drug-likeness (QED) is 0.167. The smallest absolute Gasteiger partial charge is 0.164 e. The van der Waals surface area contributed by atoms with Gasteiger partial charge in [0, 0.05) is 45.3 Å². The van der Waals surface area contributed by atoms with Gasteiger partial charge in [0.05, 0.1) is 5.52 Å². The Hall–Kier alpha value is -6.99. The number of hydrogen-bond donors (Lipinski definition) is 0. The van der Waals surface area contributed by atoms with Gasteiger partial charge in [0.1, 0.15) is 5.82 Å². The first kappa shape index (κ1) is 31.0. The first-order chi connectivity index (χ1) is 25.7. The fourth-order valence-corrected chi connectivity index (χ4v) is 6.49. The van der Waals surface area contributed by atoms with Gasteiger partial charge in [-0.3, -0.25) is 4.98 Å². The minimum absolute atomic E-state index is 0.0417. The van der Waals surface area contributed by atoms with E-state index in [-0.39, 0.29) is 5.92 Å². The van der Waals surface area contributed by atoms with Gasteiger partial charge in [-0.1, -0.05) is 133 Å². The van der Waals surface area contributed by atoms with E-state index in [1.54, 1.807) is 6.20 Å². The first-order valence-corrected chi connectivity index (χ1v) is 17.3. The number of fused-ring (bicyclic) bond motifs is 1. The Kier molecular flexibility index (Phi) is 8.19. The summed E-state index contributed by atoms with van der Waals surface area (Å²) in [5.41, 5.74) is 7.48. The summed E-state index contributed by atoms with van der Waals surface area (Å²) in [4.78, 5) is 34.8. The zero-order valence-electron chi connectivity index (χ0n) is 28.1. The van der Waals surface area contributed by atoms with Crippen LogP contribution in [0, 0.1) is 0 Å². The van der Waals surface area contributed by atoms with E-state index in [1.807, 2.05) is 97.1 Å². The van der Waals surface area contributed by atoms with Gasteiger partial charge in [-0.05, 0) is 47.9 Å². The van der Waals surface area contributed by atoms with Crippen LogP contribution in [0.5, 0.6) is 0 Å². The zero-order chi connectivity index (χ0) is 34.7. The average molecular weight is 670 g/mol. The van der Waals surface area contributed by atoms with Gasteiger partial charge < -0.3 is 0 Å². The Morgan fingerprint density at radius 3 is 1.73 bits per heavy atom. The molecule has 7 heteroatoms. The lowest BCUT2D eigenvalue weighted by Gasteiger charge is -2.15. The molecule has 3 heterocycles. The molecule has 0 saturated heterocycles. The van der Waals surface area contributed by atoms with Crippen LogP contribution in [0.2, 0.25) is 0 Å². The molecule has 0 fully saturated rings. The molecule has 3 aromatic heterocycles. The standard InChI is InChI=1S/C45H31N7/c1-4-14-30(15-5-1)37-23-10-11-24-38(37)45-51-41(32-18-8-3-9-19-32)49-43(52-45)35-21-12-20-34(29-35)42-47-40(31-16-6-2-7-17-31)48-44(50-42)36-25-26-39-33(28-36)22-13-27-46-39/h1-16,18-29,31H,17H2. The largest absolute Gasteiger partial charge is 0.256 e. The molecular weight excluding hydrogens is 639 g/mol. The molecule has 0 spiro atoms. The second-order valence-corrected chi connectivity index (χ2v) is 12.6. The highest BCUT2D eigenvalue weighted by atomic mass is 15.0. The highest BCUT2D eigenvalue weighted by Crippen LogP contribution is 2.34. The molecule has 0 amide bonds. The minimum atomic E-state index is 0.0417. The van der Waals surface area contributed by atoms with Gasteiger partial charge in [0.25, 0.3) is 0 Å². The van der Waals surface area contributed by atoms with Crippen molar-refractivity contribution in [3.63, 3.8) is 0 Å². The van der Waals surface area contributed by atoms with Crippen molar-refractivity contribution in [3.05, 3.63) is 176 Å². The Morgan fingerprint density at radius 1 is 0.423 bits per heavy atom. The summed E-state index contributed by atoms with van der Waals surface area (Å²) >= 11 is 0. The van der Waals surface area contributed by atoms with Crippen LogP contribution in [0.3, 0.4) is 0 Å². The lowest BCUT2D eigenvalue weighted by atomic mass is 9.99. The molecule has 1 aliphatic rings. The molecule has 0 radical (unpaired) electrons. The molecule has 8 aromatic rings. The summed E-state index contributed by atoms with van der Waals surface area (Å²) in [5, 5.41) is 1.03. The van der Waals surface area contributed by atoms with E-state index in [4.69, 9.17) is 29.9 Å². The van der Waals surface area contributed by atoms with Gasteiger partial charge in [-0.2, -0.15) is 0 Å². The molecule has 0 N–H and O–H groups in total. The van der Waals surface area contributed by atoms with E-state index >= 15 is 0 Å². The van der Waals surface area contributed by atoms with Crippen molar-refractivity contribution in [2.45, 2.75) is 12.3 Å². The van der Waals surface area contributed by atoms with E-state index in [2.05, 4.69) is 71.8 Å². The van der Waals surface area contributed by atoms with Crippen molar-refractivity contribution in [2.75, 3.05) is 0 Å². The molecule has 7 nitrogen and oxygen atoms in total. The van der Waals surface area contributed by atoms with Crippen molar-refractivity contribution in [2.24, 2.45) is 0 Å². The Labute approximate surface area is 301 Å². The maximum Gasteiger partial charge on any atom is 0.164 e. The van der Waals surface area contributed by atoms with E-state index < -0.39 is 0 Å². The van der Waals surface area contributed by atoms with Crippen LogP contribution in [0.25, 0.3) is 79.0 Å². The number of nitrogens with zero attached hydrogens (tertiary/aromatic N) is 7. The van der Waals surface area contributed by atoms with Gasteiger partial charge in [0.15, 0.2) is 29.1 Å². The number of rotatable bonds is 7. The summed E-state index contributed by atoms with van der Waals surface area (Å²) in [6.07, 6.45) is 11.0. The van der Waals surface area contributed by atoms with Crippen molar-refractivity contribution in [1.29, 1.82) is 0 Å². The molecule has 9 rings (SSSR count). The van der Waals surface area contributed by atoms with Gasteiger partial charge in [-0.25, -0.2) is 29.9 Å². The fraction of sp³-hybridized carbons (Fsp3) is 0.0444. The number of pyridine rings is 1. The van der Waals surface area contributed by atoms with Crippen molar-refractivity contribution in [1.82, 2.24) is 34.9 Å². The number of aromatic nitrogens is 7. The third kappa shape index (κ3) is 6.27. The molecular formula is C45H31N7. The highest BCUT2D eigenvalue weighted by Gasteiger charge is 2.19. The Morgan fingerprint density at radius 2 is 1.02 bits per heavy atom. The predicted molar refractivity (Wildman–Crippen MR) is 207 cm³/mol. The summed E-state index contributed by atoms with van der Waals surface area (Å²) < 4.78 is 0. The topological polar surface area (TPSA) is 90.2 Å². The average Bonchev–Trinajstić information content (AvgIpc) is 3.24. The molecule has 0 bridgehead atoms. The summed E-state index contributed by atoms with van der Waals surface area (Å²) in [7, 11) is 0. The van der Waals surface area contributed by atoms with E-state index in [1.165, 1.54) is 0 Å². The van der Waals surface area contributed by atoms with Crippen LogP contribution in [-0.2, 0) is 0 Å². The van der Waals surface area contributed by atoms with Crippen molar-refractivity contribution in [3.8, 4) is 68.1 Å². The van der Waals surface area contributed by atoms with Crippen LogP contribution in [0.1, 0.15) is 18.2 Å². The minimum Gasteiger partial charge on any atom is -0.256 e. The van der Waals surface area contributed by atoms with Crippen molar-refractivity contribution < 1.29 is 0 Å². The van der Waals surface area contributed by atoms with Crippen LogP contribution >= 0.6 is 0 Å². The summed E-state index contributed by atoms with van der Waals surface area (Å²) in [6.45, 7) is 0. The fourth-order valence-electron chi connectivity index (χ4n) is 6.49.